The quantitative estimate of drug-likeness (QED) is 0.776. The van der Waals surface area contributed by atoms with Crippen LogP contribution in [-0.4, -0.2) is 14.9 Å². The van der Waals surface area contributed by atoms with Crippen molar-refractivity contribution >= 4 is 0 Å². The lowest BCUT2D eigenvalue weighted by Crippen LogP contribution is -1.99. The summed E-state index contributed by atoms with van der Waals surface area (Å²) in [4.78, 5) is 0. The number of para-hydroxylation sites is 1. The van der Waals surface area contributed by atoms with E-state index in [9.17, 15) is 5.11 Å². The van der Waals surface area contributed by atoms with Crippen LogP contribution in [0.25, 0.3) is 16.9 Å². The largest absolute Gasteiger partial charge is 0.390 e. The zero-order chi connectivity index (χ0) is 13.1. The highest BCUT2D eigenvalue weighted by molar-refractivity contribution is 5.62. The van der Waals surface area contributed by atoms with Crippen molar-refractivity contribution in [2.24, 2.45) is 0 Å². The maximum atomic E-state index is 9.29. The van der Waals surface area contributed by atoms with E-state index in [2.05, 4.69) is 5.10 Å². The zero-order valence-electron chi connectivity index (χ0n) is 10.4. The fourth-order valence-corrected chi connectivity index (χ4v) is 2.09. The van der Waals surface area contributed by atoms with E-state index in [0.29, 0.717) is 5.69 Å². The predicted octanol–water partition coefficient (Wildman–Crippen LogP) is 3.03. The lowest BCUT2D eigenvalue weighted by atomic mass is 10.1. The van der Waals surface area contributed by atoms with Crippen molar-refractivity contribution < 1.29 is 5.11 Å². The summed E-state index contributed by atoms with van der Waals surface area (Å²) in [7, 11) is 0. The van der Waals surface area contributed by atoms with Crippen LogP contribution < -0.4 is 0 Å². The van der Waals surface area contributed by atoms with Crippen molar-refractivity contribution in [3.05, 3.63) is 72.4 Å². The third-order valence-electron chi connectivity index (χ3n) is 2.99. The first-order chi connectivity index (χ1) is 9.38. The van der Waals surface area contributed by atoms with Crippen LogP contribution in [0.4, 0.5) is 0 Å². The molecular formula is C16H14N2O. The zero-order valence-corrected chi connectivity index (χ0v) is 10.4. The first-order valence-electron chi connectivity index (χ1n) is 6.19. The average Bonchev–Trinajstić information content (AvgIpc) is 2.93. The molecule has 0 atom stereocenters. The molecule has 0 bridgehead atoms. The third kappa shape index (κ3) is 2.28. The van der Waals surface area contributed by atoms with E-state index in [0.717, 1.165) is 16.9 Å². The van der Waals surface area contributed by atoms with Gasteiger partial charge in [0.25, 0.3) is 0 Å². The van der Waals surface area contributed by atoms with Crippen molar-refractivity contribution in [1.29, 1.82) is 0 Å². The van der Waals surface area contributed by atoms with E-state index < -0.39 is 0 Å². The molecule has 0 unspecified atom stereocenters. The number of hydrogen-bond acceptors (Lipinski definition) is 2. The van der Waals surface area contributed by atoms with Crippen molar-refractivity contribution in [1.82, 2.24) is 9.78 Å². The minimum atomic E-state index is -0.0559. The molecular weight excluding hydrogens is 236 g/mol. The van der Waals surface area contributed by atoms with Gasteiger partial charge in [-0.25, -0.2) is 4.68 Å². The van der Waals surface area contributed by atoms with Crippen LogP contribution in [0.2, 0.25) is 0 Å². The summed E-state index contributed by atoms with van der Waals surface area (Å²) in [5.74, 6) is 0. The molecule has 3 nitrogen and oxygen atoms in total. The minimum absolute atomic E-state index is 0.0559. The minimum Gasteiger partial charge on any atom is -0.390 e. The Balaban J connectivity index is 2.17. The normalized spacial score (nSPS) is 10.6. The molecule has 2 aromatic carbocycles. The highest BCUT2D eigenvalue weighted by Crippen LogP contribution is 2.23. The summed E-state index contributed by atoms with van der Waals surface area (Å²) in [6, 6.07) is 21.9. The van der Waals surface area contributed by atoms with Gasteiger partial charge in [-0.3, -0.25) is 0 Å². The van der Waals surface area contributed by atoms with Gasteiger partial charge in [-0.05, 0) is 18.2 Å². The standard InChI is InChI=1S/C16H14N2O/c19-12-14-11-16(13-7-3-1-4-8-13)18(17-14)15-9-5-2-6-10-15/h1-11,19H,12H2. The molecule has 0 radical (unpaired) electrons. The van der Waals surface area contributed by atoms with Crippen molar-refractivity contribution in [2.45, 2.75) is 6.61 Å². The smallest absolute Gasteiger partial charge is 0.0889 e. The molecule has 3 aromatic rings. The lowest BCUT2D eigenvalue weighted by Gasteiger charge is -2.07. The highest BCUT2D eigenvalue weighted by Gasteiger charge is 2.10. The Hall–Kier alpha value is -2.39. The van der Waals surface area contributed by atoms with Crippen LogP contribution in [0, 0.1) is 0 Å². The summed E-state index contributed by atoms with van der Waals surface area (Å²) in [5.41, 5.74) is 3.72. The highest BCUT2D eigenvalue weighted by atomic mass is 16.3. The number of nitrogens with zero attached hydrogens (tertiary/aromatic N) is 2. The molecule has 0 spiro atoms. The Labute approximate surface area is 111 Å². The van der Waals surface area contributed by atoms with E-state index in [-0.39, 0.29) is 6.61 Å². The van der Waals surface area contributed by atoms with Crippen LogP contribution >= 0.6 is 0 Å². The van der Waals surface area contributed by atoms with Crippen LogP contribution in [0.3, 0.4) is 0 Å². The summed E-state index contributed by atoms with van der Waals surface area (Å²) in [5, 5.41) is 13.7. The molecule has 3 heteroatoms. The van der Waals surface area contributed by atoms with Crippen molar-refractivity contribution in [3.63, 3.8) is 0 Å². The van der Waals surface area contributed by atoms with Gasteiger partial charge >= 0.3 is 0 Å². The maximum Gasteiger partial charge on any atom is 0.0889 e. The van der Waals surface area contributed by atoms with Gasteiger partial charge in [-0.15, -0.1) is 0 Å². The van der Waals surface area contributed by atoms with Gasteiger partial charge in [0.2, 0.25) is 0 Å². The number of aromatic nitrogens is 2. The third-order valence-corrected chi connectivity index (χ3v) is 2.99. The van der Waals surface area contributed by atoms with Gasteiger partial charge in [0.05, 0.1) is 23.7 Å². The molecule has 0 saturated carbocycles. The van der Waals surface area contributed by atoms with E-state index in [1.54, 1.807) is 0 Å². The topological polar surface area (TPSA) is 38.0 Å². The molecule has 0 fully saturated rings. The number of benzene rings is 2. The lowest BCUT2D eigenvalue weighted by molar-refractivity contribution is 0.276. The van der Waals surface area contributed by atoms with Crippen LogP contribution in [0.5, 0.6) is 0 Å². The SMILES string of the molecule is OCc1cc(-c2ccccc2)n(-c2ccccc2)n1. The molecule has 1 heterocycles. The van der Waals surface area contributed by atoms with Crippen LogP contribution in [0.15, 0.2) is 66.7 Å². The summed E-state index contributed by atoms with van der Waals surface area (Å²) >= 11 is 0. The Morgan fingerprint density at radius 2 is 1.53 bits per heavy atom. The molecule has 94 valence electrons. The molecule has 0 aliphatic heterocycles. The monoisotopic (exact) mass is 250 g/mol. The molecule has 0 aliphatic rings. The molecule has 0 aliphatic carbocycles. The van der Waals surface area contributed by atoms with Gasteiger partial charge < -0.3 is 5.11 Å². The number of rotatable bonds is 3. The first-order valence-corrected chi connectivity index (χ1v) is 6.19. The summed E-state index contributed by atoms with van der Waals surface area (Å²) < 4.78 is 1.86. The van der Waals surface area contributed by atoms with Crippen molar-refractivity contribution in [3.8, 4) is 16.9 Å². The Morgan fingerprint density at radius 1 is 0.895 bits per heavy atom. The second-order valence-electron chi connectivity index (χ2n) is 4.29. The molecule has 19 heavy (non-hydrogen) atoms. The summed E-state index contributed by atoms with van der Waals surface area (Å²) in [6.45, 7) is -0.0559. The fourth-order valence-electron chi connectivity index (χ4n) is 2.09. The van der Waals surface area contributed by atoms with Gasteiger partial charge in [-0.1, -0.05) is 48.5 Å². The fraction of sp³-hybridized carbons (Fsp3) is 0.0625. The van der Waals surface area contributed by atoms with Gasteiger partial charge in [0, 0.05) is 5.56 Å². The first kappa shape index (κ1) is 11.7. The maximum absolute atomic E-state index is 9.29. The number of hydrogen-bond donors (Lipinski definition) is 1. The molecule has 1 N–H and O–H groups in total. The Kier molecular flexibility index (Phi) is 3.12. The molecule has 1 aromatic heterocycles. The molecule has 3 rings (SSSR count). The van der Waals surface area contributed by atoms with E-state index in [1.165, 1.54) is 0 Å². The number of aliphatic hydroxyl groups is 1. The predicted molar refractivity (Wildman–Crippen MR) is 74.9 cm³/mol. The van der Waals surface area contributed by atoms with Gasteiger partial charge in [-0.2, -0.15) is 5.10 Å². The van der Waals surface area contributed by atoms with E-state index in [1.807, 2.05) is 71.4 Å². The van der Waals surface area contributed by atoms with Crippen LogP contribution in [-0.2, 0) is 6.61 Å². The summed E-state index contributed by atoms with van der Waals surface area (Å²) in [6.07, 6.45) is 0. The van der Waals surface area contributed by atoms with E-state index in [4.69, 9.17) is 0 Å². The van der Waals surface area contributed by atoms with Gasteiger partial charge in [0.1, 0.15) is 0 Å². The second kappa shape index (κ2) is 5.08. The molecule has 0 amide bonds. The Morgan fingerprint density at radius 3 is 2.16 bits per heavy atom. The average molecular weight is 250 g/mol. The Bertz CT molecular complexity index is 603. The molecule has 0 saturated heterocycles. The van der Waals surface area contributed by atoms with Crippen molar-refractivity contribution in [2.75, 3.05) is 0 Å². The second-order valence-corrected chi connectivity index (χ2v) is 4.29. The van der Waals surface area contributed by atoms with E-state index >= 15 is 0 Å². The van der Waals surface area contributed by atoms with Crippen LogP contribution in [0.1, 0.15) is 5.69 Å². The van der Waals surface area contributed by atoms with Gasteiger partial charge in [0.15, 0.2) is 0 Å². The number of aliphatic hydroxyl groups excluding tert-OH is 1.